The molecule has 0 aromatic heterocycles. The minimum Gasteiger partial charge on any atom is -0.374 e. The normalized spacial score (nSPS) is 19.4. The second-order valence-corrected chi connectivity index (χ2v) is 5.25. The van der Waals surface area contributed by atoms with Crippen LogP contribution in [-0.2, 0) is 4.74 Å². The predicted molar refractivity (Wildman–Crippen MR) is 65.2 cm³/mol. The van der Waals surface area contributed by atoms with E-state index in [1.54, 1.807) is 0 Å². The van der Waals surface area contributed by atoms with E-state index in [9.17, 15) is 0 Å². The first-order chi connectivity index (χ1) is 7.14. The fourth-order valence-corrected chi connectivity index (χ4v) is 2.00. The van der Waals surface area contributed by atoms with E-state index in [0.29, 0.717) is 0 Å². The zero-order valence-corrected chi connectivity index (χ0v) is 10.6. The van der Waals surface area contributed by atoms with Crippen molar-refractivity contribution in [2.45, 2.75) is 70.9 Å². The van der Waals surface area contributed by atoms with Crippen LogP contribution in [0.25, 0.3) is 0 Å². The summed E-state index contributed by atoms with van der Waals surface area (Å²) in [5.74, 6) is 0. The third-order valence-electron chi connectivity index (χ3n) is 3.48. The molecule has 90 valence electrons. The van der Waals surface area contributed by atoms with E-state index in [2.05, 4.69) is 26.1 Å². The Morgan fingerprint density at radius 2 is 1.87 bits per heavy atom. The van der Waals surface area contributed by atoms with Gasteiger partial charge in [0.1, 0.15) is 0 Å². The molecule has 0 aromatic rings. The molecule has 0 aliphatic heterocycles. The smallest absolute Gasteiger partial charge is 0.0624 e. The van der Waals surface area contributed by atoms with Crippen LogP contribution in [0.3, 0.4) is 0 Å². The zero-order chi connectivity index (χ0) is 11.1. The van der Waals surface area contributed by atoms with E-state index >= 15 is 0 Å². The Bertz CT molecular complexity index is 162. The first-order valence-corrected chi connectivity index (χ1v) is 6.51. The molecule has 1 aliphatic rings. The molecule has 15 heavy (non-hydrogen) atoms. The molecule has 1 aliphatic carbocycles. The highest BCUT2D eigenvalue weighted by Gasteiger charge is 2.15. The van der Waals surface area contributed by atoms with Crippen molar-refractivity contribution in [3.8, 4) is 0 Å². The first-order valence-electron chi connectivity index (χ1n) is 6.51. The highest BCUT2D eigenvalue weighted by atomic mass is 16.5. The molecule has 0 amide bonds. The molecule has 0 unspecified atom stereocenters. The summed E-state index contributed by atoms with van der Waals surface area (Å²) in [5.41, 5.74) is 0.0498. The topological polar surface area (TPSA) is 21.3 Å². The monoisotopic (exact) mass is 213 g/mol. The minimum atomic E-state index is 0.0498. The second-order valence-electron chi connectivity index (χ2n) is 5.25. The first kappa shape index (κ1) is 13.0. The Morgan fingerprint density at radius 3 is 2.47 bits per heavy atom. The Morgan fingerprint density at radius 1 is 1.20 bits per heavy atom. The van der Waals surface area contributed by atoms with Crippen LogP contribution in [0.1, 0.15) is 59.3 Å². The van der Waals surface area contributed by atoms with Crippen molar-refractivity contribution in [1.82, 2.24) is 5.32 Å². The van der Waals surface area contributed by atoms with Gasteiger partial charge in [-0.2, -0.15) is 0 Å². The highest BCUT2D eigenvalue weighted by Crippen LogP contribution is 2.17. The fraction of sp³-hybridized carbons (Fsp3) is 1.00. The van der Waals surface area contributed by atoms with Crippen LogP contribution in [0.5, 0.6) is 0 Å². The minimum absolute atomic E-state index is 0.0498. The SMILES string of the molecule is CCC(C)(C)OCCNC1CCCCC1. The maximum Gasteiger partial charge on any atom is 0.0624 e. The van der Waals surface area contributed by atoms with Gasteiger partial charge in [-0.25, -0.2) is 0 Å². The maximum absolute atomic E-state index is 5.81. The number of hydrogen-bond acceptors (Lipinski definition) is 2. The molecule has 0 saturated heterocycles. The van der Waals surface area contributed by atoms with Crippen LogP contribution in [0.4, 0.5) is 0 Å². The standard InChI is InChI=1S/C13H27NO/c1-4-13(2,3)15-11-10-14-12-8-6-5-7-9-12/h12,14H,4-11H2,1-3H3. The van der Waals surface area contributed by atoms with Crippen molar-refractivity contribution in [2.24, 2.45) is 0 Å². The predicted octanol–water partition coefficient (Wildman–Crippen LogP) is 3.11. The quantitative estimate of drug-likeness (QED) is 0.685. The fourth-order valence-electron chi connectivity index (χ4n) is 2.00. The maximum atomic E-state index is 5.81. The average molecular weight is 213 g/mol. The van der Waals surface area contributed by atoms with Gasteiger partial charge >= 0.3 is 0 Å². The highest BCUT2D eigenvalue weighted by molar-refractivity contribution is 4.72. The van der Waals surface area contributed by atoms with Gasteiger partial charge in [0, 0.05) is 12.6 Å². The molecule has 0 spiro atoms. The van der Waals surface area contributed by atoms with Crippen molar-refractivity contribution in [3.05, 3.63) is 0 Å². The molecule has 0 aromatic carbocycles. The third-order valence-corrected chi connectivity index (χ3v) is 3.48. The van der Waals surface area contributed by atoms with Crippen LogP contribution in [0.15, 0.2) is 0 Å². The van der Waals surface area contributed by atoms with Gasteiger partial charge in [0.25, 0.3) is 0 Å². The van der Waals surface area contributed by atoms with Gasteiger partial charge in [-0.05, 0) is 33.1 Å². The number of ether oxygens (including phenoxy) is 1. The average Bonchev–Trinajstić information content (AvgIpc) is 2.26. The van der Waals surface area contributed by atoms with Gasteiger partial charge in [-0.3, -0.25) is 0 Å². The molecule has 0 bridgehead atoms. The lowest BCUT2D eigenvalue weighted by Gasteiger charge is -2.26. The molecule has 1 fully saturated rings. The van der Waals surface area contributed by atoms with E-state index < -0.39 is 0 Å². The van der Waals surface area contributed by atoms with Gasteiger partial charge in [0.2, 0.25) is 0 Å². The molecule has 1 saturated carbocycles. The Balaban J connectivity index is 2.00. The summed E-state index contributed by atoms with van der Waals surface area (Å²) in [7, 11) is 0. The summed E-state index contributed by atoms with van der Waals surface area (Å²) < 4.78 is 5.81. The molecule has 0 heterocycles. The summed E-state index contributed by atoms with van der Waals surface area (Å²) in [6.07, 6.45) is 8.03. The van der Waals surface area contributed by atoms with Crippen LogP contribution in [0, 0.1) is 0 Å². The van der Waals surface area contributed by atoms with E-state index in [4.69, 9.17) is 4.74 Å². The lowest BCUT2D eigenvalue weighted by molar-refractivity contribution is -0.0190. The van der Waals surface area contributed by atoms with E-state index in [1.165, 1.54) is 32.1 Å². The number of rotatable bonds is 6. The molecule has 0 atom stereocenters. The van der Waals surface area contributed by atoms with Gasteiger partial charge < -0.3 is 10.1 Å². The van der Waals surface area contributed by atoms with Crippen LogP contribution >= 0.6 is 0 Å². The van der Waals surface area contributed by atoms with E-state index in [-0.39, 0.29) is 5.60 Å². The van der Waals surface area contributed by atoms with Crippen LogP contribution < -0.4 is 5.32 Å². The Hall–Kier alpha value is -0.0800. The van der Waals surface area contributed by atoms with Crippen molar-refractivity contribution < 1.29 is 4.74 Å². The number of nitrogens with one attached hydrogen (secondary N) is 1. The van der Waals surface area contributed by atoms with E-state index in [0.717, 1.165) is 25.6 Å². The molecular weight excluding hydrogens is 186 g/mol. The third kappa shape index (κ3) is 5.53. The van der Waals surface area contributed by atoms with Crippen LogP contribution in [-0.4, -0.2) is 24.8 Å². The summed E-state index contributed by atoms with van der Waals surface area (Å²) in [6.45, 7) is 8.35. The molecule has 2 nitrogen and oxygen atoms in total. The van der Waals surface area contributed by atoms with Crippen molar-refractivity contribution in [2.75, 3.05) is 13.2 Å². The van der Waals surface area contributed by atoms with Crippen molar-refractivity contribution in [1.29, 1.82) is 0 Å². The van der Waals surface area contributed by atoms with Gasteiger partial charge in [0.15, 0.2) is 0 Å². The Kier molecular flexibility index (Phi) is 5.62. The van der Waals surface area contributed by atoms with E-state index in [1.807, 2.05) is 0 Å². The second kappa shape index (κ2) is 6.49. The molecule has 2 heteroatoms. The lowest BCUT2D eigenvalue weighted by atomic mass is 9.96. The summed E-state index contributed by atoms with van der Waals surface area (Å²) in [5, 5.41) is 3.59. The van der Waals surface area contributed by atoms with Crippen molar-refractivity contribution in [3.63, 3.8) is 0 Å². The summed E-state index contributed by atoms with van der Waals surface area (Å²) in [6, 6.07) is 0.757. The summed E-state index contributed by atoms with van der Waals surface area (Å²) in [4.78, 5) is 0. The molecule has 0 radical (unpaired) electrons. The molecule has 1 rings (SSSR count). The summed E-state index contributed by atoms with van der Waals surface area (Å²) >= 11 is 0. The molecular formula is C13H27NO. The zero-order valence-electron chi connectivity index (χ0n) is 10.6. The molecule has 1 N–H and O–H groups in total. The van der Waals surface area contributed by atoms with Gasteiger partial charge in [-0.1, -0.05) is 26.2 Å². The largest absolute Gasteiger partial charge is 0.374 e. The van der Waals surface area contributed by atoms with Crippen molar-refractivity contribution >= 4 is 0 Å². The van der Waals surface area contributed by atoms with Gasteiger partial charge in [-0.15, -0.1) is 0 Å². The lowest BCUT2D eigenvalue weighted by Crippen LogP contribution is -2.35. The Labute approximate surface area is 94.8 Å². The van der Waals surface area contributed by atoms with Crippen LogP contribution in [0.2, 0.25) is 0 Å². The number of hydrogen-bond donors (Lipinski definition) is 1. The van der Waals surface area contributed by atoms with Gasteiger partial charge in [0.05, 0.1) is 12.2 Å².